The van der Waals surface area contributed by atoms with Gasteiger partial charge in [-0.05, 0) is 12.8 Å². The molecule has 0 saturated heterocycles. The van der Waals surface area contributed by atoms with Gasteiger partial charge in [-0.15, -0.1) is 0 Å². The van der Waals surface area contributed by atoms with Crippen molar-refractivity contribution in [3.8, 4) is 0 Å². The van der Waals surface area contributed by atoms with E-state index in [1.807, 2.05) is 0 Å². The predicted molar refractivity (Wildman–Crippen MR) is 42.6 cm³/mol. The summed E-state index contributed by atoms with van der Waals surface area (Å²) in [6.45, 7) is 1.78. The van der Waals surface area contributed by atoms with Gasteiger partial charge in [-0.1, -0.05) is 6.92 Å². The standard InChI is InChI=1S/C8H13NO3/c1-2-7(10)9-6-3-5(4-6)8(11)12/h5-6H,2-4H2,1H3,(H,9,10)(H,11,12)/t5-,6+. The monoisotopic (exact) mass is 171 g/mol. The number of hydrogen-bond acceptors (Lipinski definition) is 2. The molecular formula is C8H13NO3. The Morgan fingerprint density at radius 3 is 2.50 bits per heavy atom. The lowest BCUT2D eigenvalue weighted by Crippen LogP contribution is -2.46. The average molecular weight is 171 g/mol. The molecular weight excluding hydrogens is 158 g/mol. The first-order valence-corrected chi connectivity index (χ1v) is 4.15. The second-order valence-electron chi connectivity index (χ2n) is 3.12. The lowest BCUT2D eigenvalue weighted by Gasteiger charge is -2.32. The Kier molecular flexibility index (Phi) is 2.68. The molecule has 1 aliphatic rings. The SMILES string of the molecule is CCC(=O)N[C@H]1C[C@@H](C(=O)O)C1. The van der Waals surface area contributed by atoms with Crippen LogP contribution in [0.3, 0.4) is 0 Å². The van der Waals surface area contributed by atoms with Gasteiger partial charge >= 0.3 is 5.97 Å². The fourth-order valence-electron chi connectivity index (χ4n) is 1.27. The summed E-state index contributed by atoms with van der Waals surface area (Å²) in [5.74, 6) is -0.993. The van der Waals surface area contributed by atoms with Gasteiger partial charge in [-0.2, -0.15) is 0 Å². The van der Waals surface area contributed by atoms with Crippen LogP contribution in [0.4, 0.5) is 0 Å². The molecule has 0 spiro atoms. The Bertz CT molecular complexity index is 196. The fourth-order valence-corrected chi connectivity index (χ4v) is 1.27. The maximum absolute atomic E-state index is 10.8. The van der Waals surface area contributed by atoms with Gasteiger partial charge in [0.1, 0.15) is 0 Å². The molecule has 1 fully saturated rings. The molecule has 68 valence electrons. The molecule has 0 aromatic heterocycles. The molecule has 0 unspecified atom stereocenters. The van der Waals surface area contributed by atoms with E-state index < -0.39 is 5.97 Å². The van der Waals surface area contributed by atoms with Crippen LogP contribution in [0, 0.1) is 5.92 Å². The number of hydrogen-bond donors (Lipinski definition) is 2. The third-order valence-electron chi connectivity index (χ3n) is 2.17. The number of carbonyl (C=O) groups is 2. The van der Waals surface area contributed by atoms with Crippen LogP contribution < -0.4 is 5.32 Å². The van der Waals surface area contributed by atoms with Gasteiger partial charge in [-0.25, -0.2) is 0 Å². The maximum Gasteiger partial charge on any atom is 0.306 e. The van der Waals surface area contributed by atoms with E-state index in [4.69, 9.17) is 5.11 Å². The van der Waals surface area contributed by atoms with Crippen molar-refractivity contribution in [1.29, 1.82) is 0 Å². The zero-order valence-corrected chi connectivity index (χ0v) is 7.04. The number of aliphatic carboxylic acids is 1. The van der Waals surface area contributed by atoms with Crippen molar-refractivity contribution in [2.45, 2.75) is 32.2 Å². The molecule has 0 radical (unpaired) electrons. The lowest BCUT2D eigenvalue weighted by molar-refractivity contribution is -0.146. The second-order valence-corrected chi connectivity index (χ2v) is 3.12. The molecule has 0 aromatic rings. The van der Waals surface area contributed by atoms with E-state index in [1.165, 1.54) is 0 Å². The second kappa shape index (κ2) is 3.56. The molecule has 0 heterocycles. The van der Waals surface area contributed by atoms with Crippen molar-refractivity contribution in [3.05, 3.63) is 0 Å². The number of carbonyl (C=O) groups excluding carboxylic acids is 1. The largest absolute Gasteiger partial charge is 0.481 e. The highest BCUT2D eigenvalue weighted by Gasteiger charge is 2.34. The molecule has 4 heteroatoms. The number of carboxylic acids is 1. The minimum atomic E-state index is -0.753. The van der Waals surface area contributed by atoms with Crippen LogP contribution in [0.2, 0.25) is 0 Å². The maximum atomic E-state index is 10.8. The third-order valence-corrected chi connectivity index (χ3v) is 2.17. The average Bonchev–Trinajstić information content (AvgIpc) is 1.94. The lowest BCUT2D eigenvalue weighted by atomic mass is 9.80. The fraction of sp³-hybridized carbons (Fsp3) is 0.750. The molecule has 12 heavy (non-hydrogen) atoms. The first kappa shape index (κ1) is 9.03. The topological polar surface area (TPSA) is 66.4 Å². The molecule has 2 N–H and O–H groups in total. The van der Waals surface area contributed by atoms with Crippen LogP contribution in [-0.2, 0) is 9.59 Å². The van der Waals surface area contributed by atoms with Gasteiger partial charge in [0.05, 0.1) is 5.92 Å². The van der Waals surface area contributed by atoms with E-state index in [9.17, 15) is 9.59 Å². The smallest absolute Gasteiger partial charge is 0.306 e. The quantitative estimate of drug-likeness (QED) is 0.645. The summed E-state index contributed by atoms with van der Waals surface area (Å²) in [7, 11) is 0. The minimum absolute atomic E-state index is 0.00355. The van der Waals surface area contributed by atoms with Crippen LogP contribution in [-0.4, -0.2) is 23.0 Å². The number of nitrogens with one attached hydrogen (secondary N) is 1. The highest BCUT2D eigenvalue weighted by atomic mass is 16.4. The zero-order valence-electron chi connectivity index (χ0n) is 7.04. The van der Waals surface area contributed by atoms with E-state index in [2.05, 4.69) is 5.32 Å². The normalized spacial score (nSPS) is 27.4. The highest BCUT2D eigenvalue weighted by molar-refractivity contribution is 5.77. The van der Waals surface area contributed by atoms with Crippen molar-refractivity contribution >= 4 is 11.9 Å². The van der Waals surface area contributed by atoms with Crippen LogP contribution >= 0.6 is 0 Å². The molecule has 0 atom stereocenters. The minimum Gasteiger partial charge on any atom is -0.481 e. The molecule has 1 rings (SSSR count). The zero-order chi connectivity index (χ0) is 9.14. The van der Waals surface area contributed by atoms with Crippen LogP contribution in [0.15, 0.2) is 0 Å². The Balaban J connectivity index is 2.17. The van der Waals surface area contributed by atoms with Gasteiger partial charge in [0.2, 0.25) is 5.91 Å². The molecule has 1 amide bonds. The van der Waals surface area contributed by atoms with Crippen molar-refractivity contribution in [3.63, 3.8) is 0 Å². The summed E-state index contributed by atoms with van der Waals surface area (Å²) < 4.78 is 0. The third kappa shape index (κ3) is 1.96. The molecule has 0 aliphatic heterocycles. The van der Waals surface area contributed by atoms with Crippen molar-refractivity contribution in [2.24, 2.45) is 5.92 Å². The number of amides is 1. The Hall–Kier alpha value is -1.06. The Morgan fingerprint density at radius 1 is 1.50 bits per heavy atom. The van der Waals surface area contributed by atoms with E-state index in [0.717, 1.165) is 0 Å². The summed E-state index contributed by atoms with van der Waals surface area (Å²) in [5, 5.41) is 11.3. The van der Waals surface area contributed by atoms with Crippen molar-refractivity contribution in [1.82, 2.24) is 5.32 Å². The molecule has 1 saturated carbocycles. The number of carboxylic acid groups (broad SMARTS) is 1. The molecule has 0 aromatic carbocycles. The van der Waals surface area contributed by atoms with Gasteiger partial charge in [0.15, 0.2) is 0 Å². The van der Waals surface area contributed by atoms with Crippen molar-refractivity contribution in [2.75, 3.05) is 0 Å². The summed E-state index contributed by atoms with van der Waals surface area (Å²) >= 11 is 0. The highest BCUT2D eigenvalue weighted by Crippen LogP contribution is 2.27. The summed E-state index contributed by atoms with van der Waals surface area (Å²) in [6, 6.07) is 0.0959. The Morgan fingerprint density at radius 2 is 2.08 bits per heavy atom. The summed E-state index contributed by atoms with van der Waals surface area (Å²) in [4.78, 5) is 21.2. The molecule has 0 bridgehead atoms. The van der Waals surface area contributed by atoms with Gasteiger partial charge in [0.25, 0.3) is 0 Å². The summed E-state index contributed by atoms with van der Waals surface area (Å²) in [5.41, 5.74) is 0. The van der Waals surface area contributed by atoms with E-state index in [1.54, 1.807) is 6.92 Å². The van der Waals surface area contributed by atoms with E-state index in [0.29, 0.717) is 19.3 Å². The van der Waals surface area contributed by atoms with Crippen LogP contribution in [0.5, 0.6) is 0 Å². The number of rotatable bonds is 3. The van der Waals surface area contributed by atoms with Gasteiger partial charge in [-0.3, -0.25) is 9.59 Å². The summed E-state index contributed by atoms with van der Waals surface area (Å²) in [6.07, 6.45) is 1.64. The van der Waals surface area contributed by atoms with Gasteiger partial charge in [0, 0.05) is 12.5 Å². The van der Waals surface area contributed by atoms with E-state index in [-0.39, 0.29) is 17.9 Å². The predicted octanol–water partition coefficient (Wildman–Crippen LogP) is 0.376. The first-order valence-electron chi connectivity index (χ1n) is 4.15. The first-order chi connectivity index (χ1) is 5.63. The Labute approximate surface area is 71.0 Å². The van der Waals surface area contributed by atoms with Gasteiger partial charge < -0.3 is 10.4 Å². The van der Waals surface area contributed by atoms with E-state index >= 15 is 0 Å². The molecule has 1 aliphatic carbocycles. The molecule has 4 nitrogen and oxygen atoms in total. The van der Waals surface area contributed by atoms with Crippen LogP contribution in [0.1, 0.15) is 26.2 Å². The van der Waals surface area contributed by atoms with Crippen molar-refractivity contribution < 1.29 is 14.7 Å². The van der Waals surface area contributed by atoms with Crippen LogP contribution in [0.25, 0.3) is 0 Å².